The van der Waals surface area contributed by atoms with E-state index in [-0.39, 0.29) is 0 Å². The third-order valence-corrected chi connectivity index (χ3v) is 6.11. The van der Waals surface area contributed by atoms with Crippen LogP contribution in [0, 0.1) is 0 Å². The third-order valence-electron chi connectivity index (χ3n) is 6.11. The molecule has 184 valence electrons. The van der Waals surface area contributed by atoms with E-state index < -0.39 is 0 Å². The highest BCUT2D eigenvalue weighted by molar-refractivity contribution is 5.58. The first-order valence-corrected chi connectivity index (χ1v) is 12.5. The van der Waals surface area contributed by atoms with Crippen molar-refractivity contribution in [1.82, 2.24) is 24.8 Å². The number of aryl methyl sites for hydroxylation is 1. The molecule has 5 nitrogen and oxygen atoms in total. The van der Waals surface area contributed by atoms with E-state index in [0.29, 0.717) is 12.6 Å². The maximum absolute atomic E-state index is 4.85. The zero-order valence-electron chi connectivity index (χ0n) is 21.6. The van der Waals surface area contributed by atoms with Crippen molar-refractivity contribution in [3.8, 4) is 0 Å². The maximum Gasteiger partial charge on any atom is 0.124 e. The highest BCUT2D eigenvalue weighted by atomic mass is 15.2. The van der Waals surface area contributed by atoms with Gasteiger partial charge >= 0.3 is 0 Å². The van der Waals surface area contributed by atoms with E-state index in [1.54, 1.807) is 0 Å². The van der Waals surface area contributed by atoms with E-state index >= 15 is 0 Å². The van der Waals surface area contributed by atoms with Crippen LogP contribution in [-0.4, -0.2) is 45.1 Å². The van der Waals surface area contributed by atoms with Gasteiger partial charge in [0.25, 0.3) is 0 Å². The summed E-state index contributed by atoms with van der Waals surface area (Å²) in [7, 11) is 0. The van der Waals surface area contributed by atoms with Crippen molar-refractivity contribution in [2.45, 2.75) is 66.1 Å². The summed E-state index contributed by atoms with van der Waals surface area (Å²) < 4.78 is 2.25. The SMILES string of the molecule is C=Cc1nc(CNCC(C)N(CCC)CCCc2ccncc2)n(CC(/C=C\C)=C/C)c1C=C. The summed E-state index contributed by atoms with van der Waals surface area (Å²) in [6, 6.07) is 4.68. The molecule has 0 bridgehead atoms. The minimum atomic E-state index is 0.452. The number of rotatable bonds is 16. The first kappa shape index (κ1) is 27.5. The molecule has 2 aromatic heterocycles. The Morgan fingerprint density at radius 3 is 2.56 bits per heavy atom. The highest BCUT2D eigenvalue weighted by Crippen LogP contribution is 2.18. The summed E-state index contributed by atoms with van der Waals surface area (Å²) in [6.07, 6.45) is 17.2. The second-order valence-corrected chi connectivity index (χ2v) is 8.63. The molecule has 0 spiro atoms. The van der Waals surface area contributed by atoms with Gasteiger partial charge in [0.2, 0.25) is 0 Å². The lowest BCUT2D eigenvalue weighted by atomic mass is 10.1. The maximum atomic E-state index is 4.85. The van der Waals surface area contributed by atoms with Crippen molar-refractivity contribution in [3.63, 3.8) is 0 Å². The number of imidazole rings is 1. The second-order valence-electron chi connectivity index (χ2n) is 8.63. The molecule has 1 unspecified atom stereocenters. The summed E-state index contributed by atoms with van der Waals surface area (Å²) >= 11 is 0. The Kier molecular flexibility index (Phi) is 12.3. The highest BCUT2D eigenvalue weighted by Gasteiger charge is 2.16. The van der Waals surface area contributed by atoms with Crippen molar-refractivity contribution >= 4 is 12.2 Å². The minimum Gasteiger partial charge on any atom is -0.322 e. The van der Waals surface area contributed by atoms with Crippen LogP contribution in [0.5, 0.6) is 0 Å². The number of aromatic nitrogens is 3. The molecule has 2 rings (SSSR count). The third kappa shape index (κ3) is 8.23. The summed E-state index contributed by atoms with van der Waals surface area (Å²) in [5.41, 5.74) is 4.52. The number of nitrogens with one attached hydrogen (secondary N) is 1. The van der Waals surface area contributed by atoms with Gasteiger partial charge in [0.15, 0.2) is 0 Å². The fourth-order valence-electron chi connectivity index (χ4n) is 4.24. The fourth-order valence-corrected chi connectivity index (χ4v) is 4.24. The number of hydrogen-bond donors (Lipinski definition) is 1. The molecule has 0 aliphatic carbocycles. The molecule has 5 heteroatoms. The van der Waals surface area contributed by atoms with Crippen LogP contribution in [0.3, 0.4) is 0 Å². The lowest BCUT2D eigenvalue weighted by Gasteiger charge is -2.29. The van der Waals surface area contributed by atoms with Crippen LogP contribution in [-0.2, 0) is 19.5 Å². The molecule has 0 aromatic carbocycles. The molecule has 0 fully saturated rings. The average molecular weight is 462 g/mol. The topological polar surface area (TPSA) is 46.0 Å². The summed E-state index contributed by atoms with van der Waals surface area (Å²) in [5, 5.41) is 3.66. The Hall–Kier alpha value is -2.76. The van der Waals surface area contributed by atoms with E-state index in [9.17, 15) is 0 Å². The summed E-state index contributed by atoms with van der Waals surface area (Å²) in [4.78, 5) is 11.6. The first-order valence-electron chi connectivity index (χ1n) is 12.5. The molecular weight excluding hydrogens is 418 g/mol. The molecule has 0 radical (unpaired) electrons. The minimum absolute atomic E-state index is 0.452. The first-order chi connectivity index (χ1) is 16.6. The predicted molar refractivity (Wildman–Crippen MR) is 147 cm³/mol. The molecular formula is C29H43N5. The quantitative estimate of drug-likeness (QED) is 0.316. The van der Waals surface area contributed by atoms with Crippen LogP contribution in [0.25, 0.3) is 12.2 Å². The molecule has 0 amide bonds. The van der Waals surface area contributed by atoms with Crippen LogP contribution in [0.2, 0.25) is 0 Å². The van der Waals surface area contributed by atoms with Gasteiger partial charge in [0.1, 0.15) is 5.82 Å². The van der Waals surface area contributed by atoms with Crippen LogP contribution >= 0.6 is 0 Å². The smallest absolute Gasteiger partial charge is 0.124 e. The van der Waals surface area contributed by atoms with E-state index in [2.05, 4.69) is 84.1 Å². The van der Waals surface area contributed by atoms with Crippen LogP contribution < -0.4 is 5.32 Å². The Morgan fingerprint density at radius 1 is 1.18 bits per heavy atom. The summed E-state index contributed by atoms with van der Waals surface area (Å²) in [6.45, 7) is 21.3. The lowest BCUT2D eigenvalue weighted by Crippen LogP contribution is -2.41. The monoisotopic (exact) mass is 461 g/mol. The summed E-state index contributed by atoms with van der Waals surface area (Å²) in [5.74, 6) is 1.01. The Morgan fingerprint density at radius 2 is 1.94 bits per heavy atom. The molecule has 0 aliphatic rings. The average Bonchev–Trinajstić information content (AvgIpc) is 3.19. The zero-order chi connectivity index (χ0) is 24.8. The standard InChI is InChI=1S/C29H43N5/c1-7-13-25(9-3)23-34-28(11-5)27(10-4)32-29(34)22-31-21-24(6)33(19-8-2)20-12-14-26-15-17-30-18-16-26/h7,9-11,13,15-18,24,31H,4-5,8,12,14,19-23H2,1-3,6H3/b13-7-,25-9+. The van der Waals surface area contributed by atoms with Crippen molar-refractivity contribution < 1.29 is 0 Å². The van der Waals surface area contributed by atoms with Gasteiger partial charge in [-0.25, -0.2) is 4.98 Å². The van der Waals surface area contributed by atoms with E-state index in [1.165, 1.54) is 11.1 Å². The van der Waals surface area contributed by atoms with Gasteiger partial charge in [-0.15, -0.1) is 0 Å². The Labute approximate surface area is 207 Å². The van der Waals surface area contributed by atoms with Crippen LogP contribution in [0.1, 0.15) is 63.3 Å². The Balaban J connectivity index is 2.00. The van der Waals surface area contributed by atoms with Crippen molar-refractivity contribution in [1.29, 1.82) is 0 Å². The van der Waals surface area contributed by atoms with Gasteiger partial charge in [0, 0.05) is 31.5 Å². The van der Waals surface area contributed by atoms with E-state index in [1.807, 2.05) is 31.5 Å². The molecule has 2 aromatic rings. The molecule has 0 saturated heterocycles. The van der Waals surface area contributed by atoms with Gasteiger partial charge in [-0.3, -0.25) is 9.88 Å². The van der Waals surface area contributed by atoms with Crippen LogP contribution in [0.15, 0.2) is 61.5 Å². The number of pyridine rings is 1. The largest absolute Gasteiger partial charge is 0.322 e. The second kappa shape index (κ2) is 15.2. The lowest BCUT2D eigenvalue weighted by molar-refractivity contribution is 0.201. The molecule has 34 heavy (non-hydrogen) atoms. The van der Waals surface area contributed by atoms with Crippen molar-refractivity contribution in [3.05, 3.63) is 84.3 Å². The van der Waals surface area contributed by atoms with Crippen LogP contribution in [0.4, 0.5) is 0 Å². The molecule has 2 heterocycles. The van der Waals surface area contributed by atoms with Gasteiger partial charge in [-0.05, 0) is 88.5 Å². The van der Waals surface area contributed by atoms with Crippen molar-refractivity contribution in [2.24, 2.45) is 0 Å². The molecule has 1 N–H and O–H groups in total. The fraction of sp³-hybridized carbons (Fsp3) is 0.448. The van der Waals surface area contributed by atoms with Crippen molar-refractivity contribution in [2.75, 3.05) is 19.6 Å². The van der Waals surface area contributed by atoms with E-state index in [4.69, 9.17) is 4.98 Å². The van der Waals surface area contributed by atoms with E-state index in [0.717, 1.165) is 62.7 Å². The molecule has 1 atom stereocenters. The van der Waals surface area contributed by atoms with Gasteiger partial charge in [-0.2, -0.15) is 0 Å². The number of hydrogen-bond acceptors (Lipinski definition) is 4. The number of nitrogens with zero attached hydrogens (tertiary/aromatic N) is 4. The molecule has 0 aliphatic heterocycles. The zero-order valence-corrected chi connectivity index (χ0v) is 21.6. The van der Waals surface area contributed by atoms with Gasteiger partial charge in [0.05, 0.1) is 17.9 Å². The normalized spacial score (nSPS) is 13.0. The van der Waals surface area contributed by atoms with Gasteiger partial charge < -0.3 is 9.88 Å². The predicted octanol–water partition coefficient (Wildman–Crippen LogP) is 5.91. The van der Waals surface area contributed by atoms with Gasteiger partial charge in [-0.1, -0.05) is 38.3 Å². The molecule has 0 saturated carbocycles. The number of allylic oxidation sites excluding steroid dienone is 4. The Bertz CT molecular complexity index is 939.